The fourth-order valence-electron chi connectivity index (χ4n) is 1.92. The summed E-state index contributed by atoms with van der Waals surface area (Å²) in [7, 11) is -1.40. The Morgan fingerprint density at radius 1 is 0.882 bits per heavy atom. The molecule has 0 saturated carbocycles. The summed E-state index contributed by atoms with van der Waals surface area (Å²) in [4.78, 5) is 0. The highest BCUT2D eigenvalue weighted by Gasteiger charge is 2.13. The van der Waals surface area contributed by atoms with E-state index in [1.807, 2.05) is 36.4 Å². The van der Waals surface area contributed by atoms with Crippen molar-refractivity contribution in [3.05, 3.63) is 65.7 Å². The highest BCUT2D eigenvalue weighted by Crippen LogP contribution is 2.22. The highest BCUT2D eigenvalue weighted by atomic mass is 16.4. The quantitative estimate of drug-likeness (QED) is 0.779. The van der Waals surface area contributed by atoms with Crippen molar-refractivity contribution >= 4 is 12.6 Å². The van der Waals surface area contributed by atoms with Gasteiger partial charge in [-0.2, -0.15) is 0 Å². The molecule has 0 fully saturated rings. The minimum Gasteiger partial charge on any atom is -0.423 e. The third kappa shape index (κ3) is 2.76. The molecule has 17 heavy (non-hydrogen) atoms. The van der Waals surface area contributed by atoms with Crippen LogP contribution in [0.15, 0.2) is 54.6 Å². The predicted octanol–water partition coefficient (Wildman–Crippen LogP) is 1.52. The van der Waals surface area contributed by atoms with Gasteiger partial charge in [0, 0.05) is 5.92 Å². The SMILES string of the molecule is CC(c1ccccc1)c1cccc(B(O)O)c1. The fraction of sp³-hybridized carbons (Fsp3) is 0.143. The average Bonchev–Trinajstić information content (AvgIpc) is 2.39. The third-order valence-corrected chi connectivity index (χ3v) is 3.01. The lowest BCUT2D eigenvalue weighted by Crippen LogP contribution is -2.30. The molecule has 0 heterocycles. The molecule has 86 valence electrons. The lowest BCUT2D eigenvalue weighted by atomic mass is 9.78. The maximum atomic E-state index is 9.16. The second kappa shape index (κ2) is 5.17. The molecule has 0 radical (unpaired) electrons. The lowest BCUT2D eigenvalue weighted by molar-refractivity contribution is 0.425. The topological polar surface area (TPSA) is 40.5 Å². The van der Waals surface area contributed by atoms with Crippen LogP contribution >= 0.6 is 0 Å². The predicted molar refractivity (Wildman–Crippen MR) is 70.2 cm³/mol. The molecular formula is C14H15BO2. The Bertz CT molecular complexity index is 483. The van der Waals surface area contributed by atoms with Crippen LogP contribution in [0.25, 0.3) is 0 Å². The Hall–Kier alpha value is -1.58. The van der Waals surface area contributed by atoms with Crippen molar-refractivity contribution in [1.82, 2.24) is 0 Å². The number of hydrogen-bond acceptors (Lipinski definition) is 2. The van der Waals surface area contributed by atoms with Gasteiger partial charge in [-0.05, 0) is 16.6 Å². The Morgan fingerprint density at radius 3 is 2.18 bits per heavy atom. The molecule has 0 aliphatic rings. The van der Waals surface area contributed by atoms with E-state index in [-0.39, 0.29) is 5.92 Å². The van der Waals surface area contributed by atoms with Crippen molar-refractivity contribution in [3.63, 3.8) is 0 Å². The summed E-state index contributed by atoms with van der Waals surface area (Å²) in [5, 5.41) is 18.3. The van der Waals surface area contributed by atoms with Crippen molar-refractivity contribution in [1.29, 1.82) is 0 Å². The smallest absolute Gasteiger partial charge is 0.423 e. The largest absolute Gasteiger partial charge is 0.488 e. The minimum atomic E-state index is -1.40. The van der Waals surface area contributed by atoms with E-state index in [2.05, 4.69) is 19.1 Å². The maximum Gasteiger partial charge on any atom is 0.488 e. The molecule has 1 atom stereocenters. The van der Waals surface area contributed by atoms with Gasteiger partial charge in [-0.15, -0.1) is 0 Å². The summed E-state index contributed by atoms with van der Waals surface area (Å²) in [5.74, 6) is 0.245. The third-order valence-electron chi connectivity index (χ3n) is 3.01. The van der Waals surface area contributed by atoms with Gasteiger partial charge in [0.05, 0.1) is 0 Å². The van der Waals surface area contributed by atoms with Gasteiger partial charge in [0.25, 0.3) is 0 Å². The summed E-state index contributed by atoms with van der Waals surface area (Å²) in [6.45, 7) is 2.11. The summed E-state index contributed by atoms with van der Waals surface area (Å²) < 4.78 is 0. The molecule has 0 aromatic heterocycles. The Balaban J connectivity index is 2.31. The van der Waals surface area contributed by atoms with Crippen molar-refractivity contribution in [2.45, 2.75) is 12.8 Å². The van der Waals surface area contributed by atoms with Crippen molar-refractivity contribution in [3.8, 4) is 0 Å². The zero-order chi connectivity index (χ0) is 12.3. The van der Waals surface area contributed by atoms with Crippen LogP contribution in [0.2, 0.25) is 0 Å². The monoisotopic (exact) mass is 226 g/mol. The van der Waals surface area contributed by atoms with E-state index in [9.17, 15) is 0 Å². The van der Waals surface area contributed by atoms with E-state index in [4.69, 9.17) is 10.0 Å². The minimum absolute atomic E-state index is 0.245. The highest BCUT2D eigenvalue weighted by molar-refractivity contribution is 6.58. The van der Waals surface area contributed by atoms with Crippen molar-refractivity contribution in [2.75, 3.05) is 0 Å². The molecule has 0 bridgehead atoms. The number of rotatable bonds is 3. The molecule has 2 rings (SSSR count). The molecule has 1 unspecified atom stereocenters. The van der Waals surface area contributed by atoms with Crippen LogP contribution in [-0.4, -0.2) is 17.2 Å². The van der Waals surface area contributed by atoms with Gasteiger partial charge >= 0.3 is 7.12 Å². The molecule has 0 aliphatic heterocycles. The molecule has 2 aromatic rings. The number of hydrogen-bond donors (Lipinski definition) is 2. The van der Waals surface area contributed by atoms with Crippen LogP contribution in [0.1, 0.15) is 24.0 Å². The Kier molecular flexibility index (Phi) is 3.62. The first-order chi connectivity index (χ1) is 8.18. The van der Waals surface area contributed by atoms with Crippen LogP contribution in [0.3, 0.4) is 0 Å². The maximum absolute atomic E-state index is 9.16. The average molecular weight is 226 g/mol. The second-order valence-electron chi connectivity index (χ2n) is 4.18. The summed E-state index contributed by atoms with van der Waals surface area (Å²) in [6, 6.07) is 17.6. The normalized spacial score (nSPS) is 12.2. The molecule has 2 nitrogen and oxygen atoms in total. The van der Waals surface area contributed by atoms with Crippen LogP contribution < -0.4 is 5.46 Å². The molecular weight excluding hydrogens is 211 g/mol. The molecule has 0 aliphatic carbocycles. The van der Waals surface area contributed by atoms with Gasteiger partial charge < -0.3 is 10.0 Å². The molecule has 0 spiro atoms. The summed E-state index contributed by atoms with van der Waals surface area (Å²) in [6.07, 6.45) is 0. The zero-order valence-electron chi connectivity index (χ0n) is 9.75. The fourth-order valence-corrected chi connectivity index (χ4v) is 1.92. The van der Waals surface area contributed by atoms with E-state index in [1.54, 1.807) is 6.07 Å². The lowest BCUT2D eigenvalue weighted by Gasteiger charge is -2.13. The van der Waals surface area contributed by atoms with Crippen molar-refractivity contribution in [2.24, 2.45) is 0 Å². The first-order valence-electron chi connectivity index (χ1n) is 5.69. The Labute approximate surface area is 102 Å². The summed E-state index contributed by atoms with van der Waals surface area (Å²) in [5.41, 5.74) is 2.84. The van der Waals surface area contributed by atoms with Crippen LogP contribution in [-0.2, 0) is 0 Å². The van der Waals surface area contributed by atoms with E-state index in [1.165, 1.54) is 5.56 Å². The number of benzene rings is 2. The standard InChI is InChI=1S/C14H15BO2/c1-11(12-6-3-2-4-7-12)13-8-5-9-14(10-13)15(16)17/h2-11,16-17H,1H3. The first kappa shape index (κ1) is 11.9. The second-order valence-corrected chi connectivity index (χ2v) is 4.18. The van der Waals surface area contributed by atoms with Crippen LogP contribution in [0, 0.1) is 0 Å². The van der Waals surface area contributed by atoms with Gasteiger partial charge in [-0.25, -0.2) is 0 Å². The first-order valence-corrected chi connectivity index (χ1v) is 5.69. The molecule has 3 heteroatoms. The Morgan fingerprint density at radius 2 is 1.53 bits per heavy atom. The van der Waals surface area contributed by atoms with E-state index >= 15 is 0 Å². The van der Waals surface area contributed by atoms with Gasteiger partial charge in [-0.1, -0.05) is 61.5 Å². The van der Waals surface area contributed by atoms with E-state index in [0.717, 1.165) is 5.56 Å². The molecule has 2 N–H and O–H groups in total. The molecule has 2 aromatic carbocycles. The van der Waals surface area contributed by atoms with Crippen LogP contribution in [0.5, 0.6) is 0 Å². The van der Waals surface area contributed by atoms with E-state index < -0.39 is 7.12 Å². The van der Waals surface area contributed by atoms with E-state index in [0.29, 0.717) is 5.46 Å². The van der Waals surface area contributed by atoms with Gasteiger partial charge in [-0.3, -0.25) is 0 Å². The van der Waals surface area contributed by atoms with Gasteiger partial charge in [0.15, 0.2) is 0 Å². The molecule has 0 saturated heterocycles. The summed E-state index contributed by atoms with van der Waals surface area (Å²) >= 11 is 0. The zero-order valence-corrected chi connectivity index (χ0v) is 9.75. The van der Waals surface area contributed by atoms with Crippen molar-refractivity contribution < 1.29 is 10.0 Å². The molecule has 0 amide bonds. The van der Waals surface area contributed by atoms with Crippen LogP contribution in [0.4, 0.5) is 0 Å². The van der Waals surface area contributed by atoms with Gasteiger partial charge in [0.1, 0.15) is 0 Å². The van der Waals surface area contributed by atoms with Gasteiger partial charge in [0.2, 0.25) is 0 Å².